The number of hydrogen-bond donors (Lipinski definition) is 1. The Balaban J connectivity index is 3.67. The van der Waals surface area contributed by atoms with Gasteiger partial charge in [0, 0.05) is 11.1 Å². The van der Waals surface area contributed by atoms with Crippen molar-refractivity contribution in [3.63, 3.8) is 0 Å². The van der Waals surface area contributed by atoms with Gasteiger partial charge in [-0.05, 0) is 48.4 Å². The Hall–Kier alpha value is -2.10. The van der Waals surface area contributed by atoms with Gasteiger partial charge in [0.1, 0.15) is 11.3 Å². The van der Waals surface area contributed by atoms with E-state index < -0.39 is 5.97 Å². The zero-order valence-electron chi connectivity index (χ0n) is 16.6. The molecule has 0 amide bonds. The lowest BCUT2D eigenvalue weighted by atomic mass is 9.78. The van der Waals surface area contributed by atoms with Gasteiger partial charge in [-0.1, -0.05) is 41.5 Å². The molecule has 25 heavy (non-hydrogen) atoms. The van der Waals surface area contributed by atoms with Crippen LogP contribution in [0.25, 0.3) is 6.08 Å². The first-order chi connectivity index (χ1) is 11.3. The van der Waals surface area contributed by atoms with E-state index in [0.29, 0.717) is 5.56 Å². The van der Waals surface area contributed by atoms with Crippen LogP contribution in [0.2, 0.25) is 0 Å². The molecular weight excluding hydrogens is 316 g/mol. The summed E-state index contributed by atoms with van der Waals surface area (Å²) in [5.74, 6) is -0.712. The predicted molar refractivity (Wildman–Crippen MR) is 101 cm³/mol. The molecule has 1 rings (SSSR count). The molecule has 4 nitrogen and oxygen atoms in total. The van der Waals surface area contributed by atoms with E-state index in [-0.39, 0.29) is 34.5 Å². The molecule has 0 saturated carbocycles. The number of ketones is 1. The quantitative estimate of drug-likeness (QED) is 0.377. The van der Waals surface area contributed by atoms with E-state index in [1.807, 2.05) is 53.7 Å². The minimum Gasteiger partial charge on any atom is -0.507 e. The van der Waals surface area contributed by atoms with Crippen molar-refractivity contribution in [2.45, 2.75) is 66.2 Å². The molecule has 0 saturated heterocycles. The largest absolute Gasteiger partial charge is 0.507 e. The van der Waals surface area contributed by atoms with Crippen LogP contribution in [0.5, 0.6) is 5.75 Å². The zero-order valence-corrected chi connectivity index (χ0v) is 16.6. The van der Waals surface area contributed by atoms with Crippen LogP contribution >= 0.6 is 0 Å². The number of carbonyl (C=O) groups excluding carboxylic acids is 2. The van der Waals surface area contributed by atoms with Crippen LogP contribution in [0.15, 0.2) is 17.7 Å². The van der Waals surface area contributed by atoms with Crippen molar-refractivity contribution in [2.24, 2.45) is 0 Å². The number of esters is 1. The van der Waals surface area contributed by atoms with Crippen LogP contribution < -0.4 is 0 Å². The molecule has 0 bridgehead atoms. The van der Waals surface area contributed by atoms with Crippen molar-refractivity contribution in [2.75, 3.05) is 6.61 Å². The summed E-state index contributed by atoms with van der Waals surface area (Å²) in [6.45, 7) is 15.3. The van der Waals surface area contributed by atoms with Gasteiger partial charge in [-0.3, -0.25) is 4.79 Å². The fourth-order valence-corrected chi connectivity index (χ4v) is 2.56. The first-order valence-electron chi connectivity index (χ1n) is 8.56. The molecule has 1 aromatic carbocycles. The third kappa shape index (κ3) is 5.18. The Kier molecular flexibility index (Phi) is 6.22. The van der Waals surface area contributed by atoms with Crippen molar-refractivity contribution < 1.29 is 19.4 Å². The highest BCUT2D eigenvalue weighted by molar-refractivity contribution is 6.19. The van der Waals surface area contributed by atoms with Gasteiger partial charge < -0.3 is 9.84 Å². The fraction of sp³-hybridized carbons (Fsp3) is 0.524. The third-order valence-corrected chi connectivity index (χ3v) is 3.93. The van der Waals surface area contributed by atoms with E-state index in [1.165, 1.54) is 6.92 Å². The molecule has 0 aliphatic rings. The van der Waals surface area contributed by atoms with Crippen LogP contribution in [0.1, 0.15) is 72.1 Å². The molecule has 1 N–H and O–H groups in total. The number of phenols is 1. The highest BCUT2D eigenvalue weighted by Gasteiger charge is 2.26. The number of Topliss-reactive ketones (excluding diaryl/α,β-unsaturated/α-hetero) is 1. The highest BCUT2D eigenvalue weighted by atomic mass is 16.5. The average molecular weight is 346 g/mol. The van der Waals surface area contributed by atoms with Gasteiger partial charge in [-0.25, -0.2) is 4.79 Å². The Labute approximate surface area is 150 Å². The van der Waals surface area contributed by atoms with Crippen molar-refractivity contribution in [3.8, 4) is 5.75 Å². The Morgan fingerprint density at radius 1 is 1.04 bits per heavy atom. The number of ether oxygens (including phenoxy) is 1. The van der Waals surface area contributed by atoms with Crippen LogP contribution in [-0.2, 0) is 25.2 Å². The maximum absolute atomic E-state index is 12.1. The molecule has 0 aliphatic heterocycles. The first-order valence-corrected chi connectivity index (χ1v) is 8.56. The molecule has 4 heteroatoms. The number of rotatable bonds is 4. The first kappa shape index (κ1) is 20.9. The van der Waals surface area contributed by atoms with Crippen LogP contribution in [0.3, 0.4) is 0 Å². The number of hydrogen-bond acceptors (Lipinski definition) is 4. The second kappa shape index (κ2) is 7.42. The summed E-state index contributed by atoms with van der Waals surface area (Å²) in [6.07, 6.45) is 1.55. The lowest BCUT2D eigenvalue weighted by Gasteiger charge is -2.28. The predicted octanol–water partition coefficient (Wildman–Crippen LogP) is 4.52. The standard InChI is InChI=1S/C21H30O4/c1-9-25-19(24)15(13(2)22)10-14-11-16(20(3,4)5)18(23)17(12-14)21(6,7)8/h10-12,23H,9H2,1-8H3/b15-10+. The van der Waals surface area contributed by atoms with E-state index in [2.05, 4.69) is 0 Å². The molecule has 0 fully saturated rings. The topological polar surface area (TPSA) is 63.6 Å². The molecule has 0 aliphatic carbocycles. The molecule has 0 radical (unpaired) electrons. The van der Waals surface area contributed by atoms with Gasteiger partial charge in [-0.2, -0.15) is 0 Å². The summed E-state index contributed by atoms with van der Waals surface area (Å²) >= 11 is 0. The van der Waals surface area contributed by atoms with Crippen molar-refractivity contribution in [1.82, 2.24) is 0 Å². The Bertz CT molecular complexity index is 663. The van der Waals surface area contributed by atoms with Crippen LogP contribution in [0, 0.1) is 0 Å². The van der Waals surface area contributed by atoms with E-state index >= 15 is 0 Å². The summed E-state index contributed by atoms with van der Waals surface area (Å²) in [5, 5.41) is 10.7. The minimum atomic E-state index is -0.627. The molecular formula is C21H30O4. The smallest absolute Gasteiger partial charge is 0.341 e. The number of benzene rings is 1. The van der Waals surface area contributed by atoms with E-state index in [4.69, 9.17) is 4.74 Å². The Morgan fingerprint density at radius 2 is 1.48 bits per heavy atom. The van der Waals surface area contributed by atoms with Gasteiger partial charge >= 0.3 is 5.97 Å². The average Bonchev–Trinajstić information content (AvgIpc) is 2.43. The third-order valence-electron chi connectivity index (χ3n) is 3.93. The molecule has 1 aromatic rings. The van der Waals surface area contributed by atoms with Gasteiger partial charge in [0.25, 0.3) is 0 Å². The highest BCUT2D eigenvalue weighted by Crippen LogP contribution is 2.40. The number of aromatic hydroxyl groups is 1. The van der Waals surface area contributed by atoms with E-state index in [9.17, 15) is 14.7 Å². The summed E-state index contributed by atoms with van der Waals surface area (Å²) in [5.41, 5.74) is 1.69. The SMILES string of the molecule is CCOC(=O)/C(=C/c1cc(C(C)(C)C)c(O)c(C(C)(C)C)c1)C(C)=O. The number of phenolic OH excluding ortho intramolecular Hbond substituents is 1. The maximum Gasteiger partial charge on any atom is 0.341 e. The monoisotopic (exact) mass is 346 g/mol. The van der Waals surface area contributed by atoms with Crippen LogP contribution in [0.4, 0.5) is 0 Å². The molecule has 0 aromatic heterocycles. The molecule has 0 unspecified atom stereocenters. The van der Waals surface area contributed by atoms with Gasteiger partial charge in [0.2, 0.25) is 0 Å². The second-order valence-electron chi connectivity index (χ2n) is 8.30. The lowest BCUT2D eigenvalue weighted by molar-refractivity contribution is -0.139. The van der Waals surface area contributed by atoms with Crippen molar-refractivity contribution in [3.05, 3.63) is 34.4 Å². The van der Waals surface area contributed by atoms with E-state index in [0.717, 1.165) is 11.1 Å². The van der Waals surface area contributed by atoms with Gasteiger partial charge in [0.15, 0.2) is 5.78 Å². The zero-order chi connectivity index (χ0) is 19.6. The molecule has 0 heterocycles. The summed E-state index contributed by atoms with van der Waals surface area (Å²) in [6, 6.07) is 3.65. The van der Waals surface area contributed by atoms with Crippen molar-refractivity contribution >= 4 is 17.8 Å². The Morgan fingerprint density at radius 3 is 1.80 bits per heavy atom. The normalized spacial score (nSPS) is 12.9. The van der Waals surface area contributed by atoms with Crippen molar-refractivity contribution in [1.29, 1.82) is 0 Å². The lowest BCUT2D eigenvalue weighted by Crippen LogP contribution is -2.18. The molecule has 138 valence electrons. The second-order valence-corrected chi connectivity index (χ2v) is 8.30. The summed E-state index contributed by atoms with van der Waals surface area (Å²) in [7, 11) is 0. The van der Waals surface area contributed by atoms with Crippen LogP contribution in [-0.4, -0.2) is 23.5 Å². The maximum atomic E-state index is 12.1. The summed E-state index contributed by atoms with van der Waals surface area (Å²) < 4.78 is 4.98. The molecule has 0 spiro atoms. The summed E-state index contributed by atoms with van der Waals surface area (Å²) in [4.78, 5) is 23.9. The van der Waals surface area contributed by atoms with E-state index in [1.54, 1.807) is 13.0 Å². The number of carbonyl (C=O) groups is 2. The fourth-order valence-electron chi connectivity index (χ4n) is 2.56. The van der Waals surface area contributed by atoms with Gasteiger partial charge in [-0.15, -0.1) is 0 Å². The minimum absolute atomic E-state index is 0.00672. The molecule has 0 atom stereocenters. The van der Waals surface area contributed by atoms with Gasteiger partial charge in [0.05, 0.1) is 6.61 Å².